The molecule has 6 atom stereocenters. The molecule has 0 amide bonds. The van der Waals surface area contributed by atoms with Crippen molar-refractivity contribution >= 4 is 23.5 Å². The van der Waals surface area contributed by atoms with E-state index in [4.69, 9.17) is 0 Å². The molecular formula is C69H94F10O2S2. The van der Waals surface area contributed by atoms with Gasteiger partial charge in [0.05, 0.1) is 0 Å². The molecule has 83 heavy (non-hydrogen) atoms. The molecule has 2 unspecified atom stereocenters. The highest BCUT2D eigenvalue weighted by Crippen LogP contribution is 2.54. The van der Waals surface area contributed by atoms with Gasteiger partial charge in [0.1, 0.15) is 11.5 Å². The number of phenolic OH excluding ortho intramolecular Hbond substituents is 2. The van der Waals surface area contributed by atoms with E-state index in [1.165, 1.54) is 109 Å². The molecule has 0 saturated carbocycles. The van der Waals surface area contributed by atoms with Gasteiger partial charge in [-0.3, -0.25) is 0 Å². The second kappa shape index (κ2) is 31.9. The summed E-state index contributed by atoms with van der Waals surface area (Å²) in [4.78, 5) is 2.61. The average Bonchev–Trinajstić information content (AvgIpc) is 1.91. The Balaban J connectivity index is 0.000000267. The summed E-state index contributed by atoms with van der Waals surface area (Å²) in [7, 11) is 0. The van der Waals surface area contributed by atoms with Gasteiger partial charge in [-0.25, -0.2) is 0 Å². The molecule has 2 aliphatic carbocycles. The number of aromatic hydroxyl groups is 2. The number of phenols is 2. The highest BCUT2D eigenvalue weighted by atomic mass is 32.2. The van der Waals surface area contributed by atoms with Crippen molar-refractivity contribution in [3.05, 3.63) is 118 Å². The summed E-state index contributed by atoms with van der Waals surface area (Å²) in [5.74, 6) is -4.64. The van der Waals surface area contributed by atoms with Gasteiger partial charge in [0.25, 0.3) is 0 Å². The quantitative estimate of drug-likeness (QED) is 0.0542. The van der Waals surface area contributed by atoms with E-state index in [0.29, 0.717) is 55.1 Å². The van der Waals surface area contributed by atoms with E-state index < -0.39 is 37.0 Å². The van der Waals surface area contributed by atoms with Crippen molar-refractivity contribution in [2.75, 3.05) is 11.5 Å². The Bertz CT molecular complexity index is 2530. The Morgan fingerprint density at radius 3 is 1.54 bits per heavy atom. The molecule has 0 fully saturated rings. The predicted octanol–water partition coefficient (Wildman–Crippen LogP) is 23.5. The number of hydrogen-bond acceptors (Lipinski definition) is 4. The minimum Gasteiger partial charge on any atom is -0.508 e. The van der Waals surface area contributed by atoms with Crippen LogP contribution in [0.3, 0.4) is 0 Å². The van der Waals surface area contributed by atoms with Gasteiger partial charge < -0.3 is 10.2 Å². The summed E-state index contributed by atoms with van der Waals surface area (Å²) in [6.07, 6.45) is 12.9. The molecule has 8 rings (SSSR count). The summed E-state index contributed by atoms with van der Waals surface area (Å²) in [6, 6.07) is 29.7. The van der Waals surface area contributed by atoms with Crippen molar-refractivity contribution in [2.45, 2.75) is 271 Å². The smallest absolute Gasteiger partial charge is 0.453 e. The molecule has 4 aromatic rings. The standard InChI is InChI=1S/C35H47F5S.C34H47F5O2S/c1-26-16-21-30-31-15-11-6-4-3-5-9-13-27(14-10-7-8-12-22-34(36,37)35(38,39)40)24-28-17-19-29(20-18-28)33(31,2)25-41-32(30)23-26;1-25(14-10-7-8-12-22-33(35,36)34(37,38)39)13-9-5-3-4-6-11-15-30-29-21-20-28(41)23-31(29)42-24-32(30,2)26-16-18-27(40)19-17-26/h16-21,23,27,31H,3-15,22,24-25H2,1-2H3;16-21,23,25,30,40-41H,3-15,22,24H2,1-2H3/t27?,31-,33-;25?,30-,32-/m11/s1. The molecule has 2 aliphatic heterocycles. The van der Waals surface area contributed by atoms with Gasteiger partial charge in [-0.1, -0.05) is 222 Å². The maximum atomic E-state index is 13.2. The van der Waals surface area contributed by atoms with E-state index in [1.807, 2.05) is 30.0 Å². The van der Waals surface area contributed by atoms with Crippen LogP contribution in [0.4, 0.5) is 43.9 Å². The molecule has 0 aromatic heterocycles. The molecule has 464 valence electrons. The van der Waals surface area contributed by atoms with Gasteiger partial charge in [-0.15, -0.1) is 23.5 Å². The number of fused-ring (bicyclic) bond motifs is 13. The number of benzene rings is 4. The number of thioether (sulfide) groups is 2. The zero-order valence-corrected chi connectivity index (χ0v) is 51.4. The van der Waals surface area contributed by atoms with Gasteiger partial charge in [0.2, 0.25) is 0 Å². The van der Waals surface area contributed by atoms with Crippen LogP contribution in [0.25, 0.3) is 0 Å². The number of alkyl halides is 10. The zero-order chi connectivity index (χ0) is 60.3. The maximum Gasteiger partial charge on any atom is 0.453 e. The highest BCUT2D eigenvalue weighted by Gasteiger charge is 2.57. The lowest BCUT2D eigenvalue weighted by atomic mass is 9.67. The van der Waals surface area contributed by atoms with Crippen molar-refractivity contribution in [3.8, 4) is 11.5 Å². The van der Waals surface area contributed by atoms with Crippen LogP contribution in [0.5, 0.6) is 11.5 Å². The van der Waals surface area contributed by atoms with Gasteiger partial charge in [0, 0.05) is 45.0 Å². The van der Waals surface area contributed by atoms with Gasteiger partial charge in [-0.2, -0.15) is 43.9 Å². The number of rotatable bonds is 24. The van der Waals surface area contributed by atoms with Crippen LogP contribution in [0.1, 0.15) is 246 Å². The fraction of sp³-hybridized carbons (Fsp3) is 0.652. The number of aryl methyl sites for hydroxylation is 1. The molecule has 2 N–H and O–H groups in total. The molecule has 2 bridgehead atoms. The second-order valence-electron chi connectivity index (χ2n) is 25.4. The number of halogens is 10. The van der Waals surface area contributed by atoms with Crippen LogP contribution in [0.15, 0.2) is 94.7 Å². The SMILES string of the molecule is CC(CCCCCCCC[C@@H]1c2ccc(O)cc2SC[C@]1(C)c1ccc(O)cc1)CCCCCCC(F)(F)C(F)(F)F.Cc1ccc2c(c1)SC[C@]1(C)c3ccc(cc3)CC(CCCCCCC(F)(F)C(F)(F)F)CCCCCCCC[C@H]21. The molecule has 4 aliphatic rings. The summed E-state index contributed by atoms with van der Waals surface area (Å²) in [5.41, 5.74) is 8.16. The zero-order valence-electron chi connectivity index (χ0n) is 49.8. The Hall–Kier alpha value is -3.52. The van der Waals surface area contributed by atoms with Crippen molar-refractivity contribution in [1.82, 2.24) is 0 Å². The molecule has 0 radical (unpaired) electrons. The summed E-state index contributed by atoms with van der Waals surface area (Å²) >= 11 is 3.79. The second-order valence-corrected chi connectivity index (χ2v) is 27.4. The van der Waals surface area contributed by atoms with Crippen LogP contribution in [-0.4, -0.2) is 45.9 Å². The highest BCUT2D eigenvalue weighted by molar-refractivity contribution is 7.99. The lowest BCUT2D eigenvalue weighted by molar-refractivity contribution is -0.284. The number of hydrogen-bond donors (Lipinski definition) is 2. The molecule has 0 saturated heterocycles. The maximum absolute atomic E-state index is 13.2. The first-order valence-electron chi connectivity index (χ1n) is 31.3. The minimum atomic E-state index is -5.44. The Morgan fingerprint density at radius 1 is 0.494 bits per heavy atom. The Kier molecular flexibility index (Phi) is 26.4. The van der Waals surface area contributed by atoms with Crippen LogP contribution in [-0.2, 0) is 17.3 Å². The van der Waals surface area contributed by atoms with E-state index in [9.17, 15) is 54.1 Å². The fourth-order valence-corrected chi connectivity index (χ4v) is 16.1. The summed E-state index contributed by atoms with van der Waals surface area (Å²) in [5, 5.41) is 19.8. The van der Waals surface area contributed by atoms with Crippen LogP contribution in [0, 0.1) is 18.8 Å². The normalized spacial score (nSPS) is 22.2. The van der Waals surface area contributed by atoms with Crippen LogP contribution < -0.4 is 0 Å². The third kappa shape index (κ3) is 20.3. The monoisotopic (exact) mass is 1210 g/mol. The van der Waals surface area contributed by atoms with Crippen molar-refractivity contribution < 1.29 is 54.1 Å². The summed E-state index contributed by atoms with van der Waals surface area (Å²) in [6.45, 7) is 9.15. The minimum absolute atomic E-state index is 0.0629. The van der Waals surface area contributed by atoms with Gasteiger partial charge in [-0.05, 0) is 121 Å². The first-order valence-corrected chi connectivity index (χ1v) is 33.3. The van der Waals surface area contributed by atoms with Gasteiger partial charge >= 0.3 is 24.2 Å². The Morgan fingerprint density at radius 2 is 0.952 bits per heavy atom. The van der Waals surface area contributed by atoms with E-state index in [2.05, 4.69) is 76.2 Å². The topological polar surface area (TPSA) is 40.5 Å². The van der Waals surface area contributed by atoms with Crippen LogP contribution in [0.2, 0.25) is 0 Å². The van der Waals surface area contributed by atoms with E-state index in [0.717, 1.165) is 80.6 Å². The first-order chi connectivity index (χ1) is 39.3. The van der Waals surface area contributed by atoms with Crippen molar-refractivity contribution in [2.24, 2.45) is 11.8 Å². The largest absolute Gasteiger partial charge is 0.508 e. The first kappa shape index (κ1) is 68.6. The lowest BCUT2D eigenvalue weighted by Gasteiger charge is -2.43. The van der Waals surface area contributed by atoms with Gasteiger partial charge in [0.15, 0.2) is 0 Å². The molecule has 14 heteroatoms. The molecule has 0 spiro atoms. The molecule has 4 aromatic carbocycles. The third-order valence-electron chi connectivity index (χ3n) is 18.6. The predicted molar refractivity (Wildman–Crippen MR) is 323 cm³/mol. The van der Waals surface area contributed by atoms with E-state index >= 15 is 0 Å². The number of unbranched alkanes of at least 4 members (excludes halogenated alkanes) is 11. The van der Waals surface area contributed by atoms with Crippen LogP contribution >= 0.6 is 23.5 Å². The molecule has 2 nitrogen and oxygen atoms in total. The van der Waals surface area contributed by atoms with Crippen molar-refractivity contribution in [1.29, 1.82) is 0 Å². The van der Waals surface area contributed by atoms with E-state index in [-0.39, 0.29) is 29.4 Å². The average molecular weight is 1210 g/mol. The van der Waals surface area contributed by atoms with E-state index in [1.54, 1.807) is 30.0 Å². The molecule has 2 heterocycles. The third-order valence-corrected chi connectivity index (χ3v) is 21.4. The molecular weight excluding hydrogens is 1110 g/mol. The Labute approximate surface area is 499 Å². The lowest BCUT2D eigenvalue weighted by Crippen LogP contribution is -2.36. The summed E-state index contributed by atoms with van der Waals surface area (Å²) < 4.78 is 126. The fourth-order valence-electron chi connectivity index (χ4n) is 13.2. The van der Waals surface area contributed by atoms with Crippen molar-refractivity contribution in [3.63, 3.8) is 0 Å².